The molecule has 20 heavy (non-hydrogen) atoms. The molecule has 0 aliphatic heterocycles. The molecule has 0 unspecified atom stereocenters. The van der Waals surface area contributed by atoms with Crippen molar-refractivity contribution in [3.63, 3.8) is 0 Å². The van der Waals surface area contributed by atoms with Gasteiger partial charge >= 0.3 is 5.69 Å². The Morgan fingerprint density at radius 2 is 1.90 bits per heavy atom. The van der Waals surface area contributed by atoms with Gasteiger partial charge in [-0.1, -0.05) is 52.0 Å². The number of nitro benzene ring substituents is 1. The smallest absolute Gasteiger partial charge is 0.312 e. The summed E-state index contributed by atoms with van der Waals surface area (Å²) in [6, 6.07) is 2.65. The summed E-state index contributed by atoms with van der Waals surface area (Å²) in [5.74, 6) is 0.177. The zero-order chi connectivity index (χ0) is 14.8. The van der Waals surface area contributed by atoms with Gasteiger partial charge in [-0.05, 0) is 12.8 Å². The maximum Gasteiger partial charge on any atom is 0.312 e. The first-order valence-corrected chi connectivity index (χ1v) is 8.17. The first-order valence-electron chi connectivity index (χ1n) is 6.30. The number of rotatable bonds is 5. The van der Waals surface area contributed by atoms with Gasteiger partial charge in [0.25, 0.3) is 0 Å². The van der Waals surface area contributed by atoms with Crippen molar-refractivity contribution in [2.24, 2.45) is 5.41 Å². The van der Waals surface area contributed by atoms with E-state index in [9.17, 15) is 10.1 Å². The molecular weight excluding hydrogens is 369 g/mol. The molecule has 1 fully saturated rings. The fraction of sp³-hybridized carbons (Fsp3) is 0.538. The summed E-state index contributed by atoms with van der Waals surface area (Å²) in [6.45, 7) is 0.442. The zero-order valence-electron chi connectivity index (χ0n) is 10.7. The Balaban J connectivity index is 2.20. The van der Waals surface area contributed by atoms with Crippen LogP contribution in [-0.4, -0.2) is 16.9 Å². The van der Waals surface area contributed by atoms with Crippen LogP contribution in [0.1, 0.15) is 25.7 Å². The van der Waals surface area contributed by atoms with Gasteiger partial charge in [0.05, 0.1) is 21.6 Å². The molecule has 110 valence electrons. The van der Waals surface area contributed by atoms with Crippen LogP contribution in [0.3, 0.4) is 0 Å². The van der Waals surface area contributed by atoms with E-state index in [1.54, 1.807) is 0 Å². The van der Waals surface area contributed by atoms with Gasteiger partial charge in [0.15, 0.2) is 5.75 Å². The lowest BCUT2D eigenvalue weighted by Gasteiger charge is -2.26. The SMILES string of the molecule is O=[N+]([O-])c1cc(Cl)c(Cl)cc1OCC1(CBr)CCCC1. The average Bonchev–Trinajstić information content (AvgIpc) is 2.89. The Morgan fingerprint density at radius 1 is 1.30 bits per heavy atom. The lowest BCUT2D eigenvalue weighted by molar-refractivity contribution is -0.385. The van der Waals surface area contributed by atoms with E-state index in [1.165, 1.54) is 25.0 Å². The first-order chi connectivity index (χ1) is 9.47. The van der Waals surface area contributed by atoms with Gasteiger partial charge in [-0.3, -0.25) is 10.1 Å². The normalized spacial score (nSPS) is 17.1. The highest BCUT2D eigenvalue weighted by Crippen LogP contribution is 2.42. The average molecular weight is 383 g/mol. The van der Waals surface area contributed by atoms with Crippen molar-refractivity contribution in [3.05, 3.63) is 32.3 Å². The van der Waals surface area contributed by atoms with E-state index in [-0.39, 0.29) is 26.9 Å². The van der Waals surface area contributed by atoms with Gasteiger partial charge in [0.1, 0.15) is 0 Å². The molecule has 7 heteroatoms. The molecule has 0 amide bonds. The van der Waals surface area contributed by atoms with Crippen LogP contribution in [0.5, 0.6) is 5.75 Å². The lowest BCUT2D eigenvalue weighted by Crippen LogP contribution is -2.27. The fourth-order valence-corrected chi connectivity index (χ4v) is 3.48. The molecule has 1 saturated carbocycles. The van der Waals surface area contributed by atoms with E-state index in [4.69, 9.17) is 27.9 Å². The third-order valence-electron chi connectivity index (χ3n) is 3.68. The van der Waals surface area contributed by atoms with E-state index in [2.05, 4.69) is 15.9 Å². The van der Waals surface area contributed by atoms with E-state index in [0.29, 0.717) is 6.61 Å². The summed E-state index contributed by atoms with van der Waals surface area (Å²) >= 11 is 15.2. The van der Waals surface area contributed by atoms with Crippen molar-refractivity contribution in [2.75, 3.05) is 11.9 Å². The van der Waals surface area contributed by atoms with Gasteiger partial charge < -0.3 is 4.74 Å². The molecule has 1 aliphatic carbocycles. The zero-order valence-corrected chi connectivity index (χ0v) is 13.8. The van der Waals surface area contributed by atoms with Crippen LogP contribution in [0, 0.1) is 15.5 Å². The molecule has 1 aliphatic rings. The summed E-state index contributed by atoms with van der Waals surface area (Å²) in [5, 5.41) is 12.3. The number of hydrogen-bond donors (Lipinski definition) is 0. The largest absolute Gasteiger partial charge is 0.486 e. The summed E-state index contributed by atoms with van der Waals surface area (Å²) in [6.07, 6.45) is 4.46. The molecule has 0 N–H and O–H groups in total. The molecule has 4 nitrogen and oxygen atoms in total. The lowest BCUT2D eigenvalue weighted by atomic mass is 9.90. The van der Waals surface area contributed by atoms with Crippen molar-refractivity contribution in [2.45, 2.75) is 25.7 Å². The second kappa shape index (κ2) is 6.50. The van der Waals surface area contributed by atoms with E-state index in [0.717, 1.165) is 18.2 Å². The minimum Gasteiger partial charge on any atom is -0.486 e. The van der Waals surface area contributed by atoms with E-state index in [1.807, 2.05) is 0 Å². The Kier molecular flexibility index (Phi) is 5.15. The Labute approximate surface area is 135 Å². The maximum absolute atomic E-state index is 11.0. The van der Waals surface area contributed by atoms with Crippen LogP contribution in [0.2, 0.25) is 10.0 Å². The molecule has 1 aromatic rings. The summed E-state index contributed by atoms with van der Waals surface area (Å²) in [7, 11) is 0. The molecule has 0 spiro atoms. The van der Waals surface area contributed by atoms with Gasteiger partial charge in [-0.15, -0.1) is 0 Å². The number of benzene rings is 1. The van der Waals surface area contributed by atoms with Crippen LogP contribution >= 0.6 is 39.1 Å². The van der Waals surface area contributed by atoms with Crippen LogP contribution < -0.4 is 4.74 Å². The van der Waals surface area contributed by atoms with Crippen LogP contribution in [-0.2, 0) is 0 Å². The third kappa shape index (κ3) is 3.38. The maximum atomic E-state index is 11.0. The monoisotopic (exact) mass is 381 g/mol. The van der Waals surface area contributed by atoms with Crippen LogP contribution in [0.4, 0.5) is 5.69 Å². The molecule has 1 aromatic carbocycles. The summed E-state index contributed by atoms with van der Waals surface area (Å²) in [5.41, 5.74) is -0.0953. The van der Waals surface area contributed by atoms with Crippen molar-refractivity contribution >= 4 is 44.8 Å². The minimum atomic E-state index is -0.507. The van der Waals surface area contributed by atoms with Gasteiger partial charge in [-0.2, -0.15) is 0 Å². The van der Waals surface area contributed by atoms with E-state index >= 15 is 0 Å². The Morgan fingerprint density at radius 3 is 2.45 bits per heavy atom. The van der Waals surface area contributed by atoms with E-state index < -0.39 is 4.92 Å². The highest BCUT2D eigenvalue weighted by molar-refractivity contribution is 9.09. The Bertz CT molecular complexity index is 519. The number of alkyl halides is 1. The number of hydrogen-bond acceptors (Lipinski definition) is 3. The van der Waals surface area contributed by atoms with Crippen molar-refractivity contribution in [1.29, 1.82) is 0 Å². The minimum absolute atomic E-state index is 0.0555. The molecule has 0 aromatic heterocycles. The highest BCUT2D eigenvalue weighted by Gasteiger charge is 2.34. The van der Waals surface area contributed by atoms with Gasteiger partial charge in [0.2, 0.25) is 0 Å². The number of halogens is 3. The molecule has 0 saturated heterocycles. The molecule has 0 heterocycles. The first kappa shape index (κ1) is 15.9. The number of nitro groups is 1. The van der Waals surface area contributed by atoms with Crippen molar-refractivity contribution in [1.82, 2.24) is 0 Å². The second-order valence-electron chi connectivity index (χ2n) is 5.12. The number of nitrogens with zero attached hydrogens (tertiary/aromatic N) is 1. The van der Waals surface area contributed by atoms with Crippen LogP contribution in [0.25, 0.3) is 0 Å². The standard InChI is InChI=1S/C13H14BrCl2NO3/c14-7-13(3-1-2-4-13)8-20-12-6-10(16)9(15)5-11(12)17(18)19/h5-6H,1-4,7-8H2. The van der Waals surface area contributed by atoms with Crippen molar-refractivity contribution in [3.8, 4) is 5.75 Å². The molecular formula is C13H14BrCl2NO3. The Hall–Kier alpha value is -0.520. The van der Waals surface area contributed by atoms with Crippen molar-refractivity contribution < 1.29 is 9.66 Å². The second-order valence-corrected chi connectivity index (χ2v) is 6.50. The highest BCUT2D eigenvalue weighted by atomic mass is 79.9. The molecule has 0 bridgehead atoms. The topological polar surface area (TPSA) is 52.4 Å². The van der Waals surface area contributed by atoms with Gasteiger partial charge in [-0.25, -0.2) is 0 Å². The predicted molar refractivity (Wildman–Crippen MR) is 83.3 cm³/mol. The summed E-state index contributed by atoms with van der Waals surface area (Å²) in [4.78, 5) is 10.5. The number of ether oxygens (including phenoxy) is 1. The fourth-order valence-electron chi connectivity index (χ4n) is 2.45. The molecule has 2 rings (SSSR count). The summed E-state index contributed by atoms with van der Waals surface area (Å²) < 4.78 is 5.70. The molecule has 0 radical (unpaired) electrons. The van der Waals surface area contributed by atoms with Gasteiger partial charge in [0, 0.05) is 22.9 Å². The van der Waals surface area contributed by atoms with Crippen LogP contribution in [0.15, 0.2) is 12.1 Å². The third-order valence-corrected chi connectivity index (χ3v) is 5.59. The predicted octanol–water partition coefficient (Wildman–Crippen LogP) is 5.24. The quantitative estimate of drug-likeness (QED) is 0.397. The molecule has 0 atom stereocenters.